The number of hydrogen-bond donors (Lipinski definition) is 2. The number of benzene rings is 1. The lowest BCUT2D eigenvalue weighted by atomic mass is 9.84. The molecule has 11 heterocycles. The monoisotopic (exact) mass is 1460 g/mol. The highest BCUT2D eigenvalue weighted by molar-refractivity contribution is 6.30. The maximum absolute atomic E-state index is 13.4. The topological polar surface area (TPSA) is 295 Å². The first-order chi connectivity index (χ1) is 48.5. The van der Waals surface area contributed by atoms with Crippen molar-refractivity contribution in [2.24, 2.45) is 0 Å². The Bertz CT molecular complexity index is 3980. The van der Waals surface area contributed by atoms with Gasteiger partial charge >= 0.3 is 23.9 Å². The Labute approximate surface area is 605 Å². The first kappa shape index (κ1) is 76.6. The molecule has 0 spiro atoms. The van der Waals surface area contributed by atoms with Gasteiger partial charge in [0.1, 0.15) is 33.0 Å². The van der Waals surface area contributed by atoms with Gasteiger partial charge in [-0.2, -0.15) is 0 Å². The highest BCUT2D eigenvalue weighted by atomic mass is 35.5. The van der Waals surface area contributed by atoms with Crippen LogP contribution in [0.4, 0.5) is 0 Å². The SMILES string of the molecule is CC1=C(C(=O)O)[C@H](c2ccc(Cl)nc2)CC(=O)N1C[C@@H]1CCCO1.COC(=O)C1=C(C)N(C[C@@H]2CCCO2)C(=O)C[C@H]1c1ccc(Cl)nc1.COC(=O)C1=C(C)NC(=O)CC1c1ccc(Cl)nc1.COc1ccccc1COC(=O)C1=C(C)N(C[C@@H]2CCCO2)C(=O)C[C@H]1c1ccc(Cl)nc1. The number of nitrogens with zero attached hydrogens (tertiary/aromatic N) is 7. The summed E-state index contributed by atoms with van der Waals surface area (Å²) in [6.07, 6.45) is 12.6. The van der Waals surface area contributed by atoms with Gasteiger partial charge in [0, 0.05) is 122 Å². The average Bonchev–Trinajstić information content (AvgIpc) is 1.02. The fraction of sp³-hybridized carbons (Fsp3) is 0.425. The van der Waals surface area contributed by atoms with Crippen molar-refractivity contribution in [3.05, 3.63) is 191 Å². The van der Waals surface area contributed by atoms with E-state index in [1.807, 2.05) is 24.3 Å². The van der Waals surface area contributed by atoms with Crippen LogP contribution in [0.2, 0.25) is 20.6 Å². The lowest BCUT2D eigenvalue weighted by Crippen LogP contribution is -2.42. The van der Waals surface area contributed by atoms with E-state index in [0.717, 1.165) is 67.4 Å². The third kappa shape index (κ3) is 19.3. The third-order valence-corrected chi connectivity index (χ3v) is 19.5. The molecule has 7 aliphatic rings. The number of carbonyl (C=O) groups is 8. The van der Waals surface area contributed by atoms with Crippen LogP contribution < -0.4 is 10.1 Å². The van der Waals surface area contributed by atoms with E-state index in [4.69, 9.17) is 79.6 Å². The predicted octanol–water partition coefficient (Wildman–Crippen LogP) is 11.3. The Morgan fingerprint density at radius 1 is 0.495 bits per heavy atom. The molecule has 5 aromatic rings. The number of nitrogens with one attached hydrogen (secondary N) is 1. The first-order valence-corrected chi connectivity index (χ1v) is 34.5. The molecule has 1 unspecified atom stereocenters. The van der Waals surface area contributed by atoms with Gasteiger partial charge < -0.3 is 58.3 Å². The molecular formula is C73H80Cl4N8O16. The molecule has 2 N–H and O–H groups in total. The van der Waals surface area contributed by atoms with E-state index in [-0.39, 0.29) is 91.6 Å². The van der Waals surface area contributed by atoms with Crippen LogP contribution in [0.5, 0.6) is 5.75 Å². The number of halogens is 4. The number of esters is 3. The number of aromatic nitrogens is 4. The van der Waals surface area contributed by atoms with Gasteiger partial charge in [-0.05, 0) is 119 Å². The zero-order valence-corrected chi connectivity index (χ0v) is 60.0. The van der Waals surface area contributed by atoms with Crippen molar-refractivity contribution in [3.63, 3.8) is 0 Å². The highest BCUT2D eigenvalue weighted by Crippen LogP contribution is 2.42. The standard InChI is InChI=1S/C25H27ClN2O5.C18H21ClN2O4.C17H19ClN2O4.C13H13ClN2O3/c1-16-24(25(30)33-15-18-6-3-4-8-21(18)31-2)20(17-9-10-22(26)27-13-17)12-23(29)28(16)14-19-7-5-11-32-19;1-11-17(18(23)24-2)14(12-5-6-15(19)20-9-12)8-16(22)21(11)10-13-4-3-7-25-13;1-10-16(17(22)23)13(11-4-5-14(18)19-8-11)7-15(21)20(10)9-12-3-2-6-24-12;1-7-12(13(18)19-2)9(5-11(17)16-7)8-3-4-10(14)15-6-8/h3-4,6,8-10,13,19-20H,5,7,11-12,14-15H2,1-2H3;5-6,9,13-14H,3-4,7-8,10H2,1-2H3;4-5,8,12-13H,2-3,6-7,9H2,1H3,(H,22,23);3-4,6,9H,5H2,1-2H3,(H,16,17)/t19-,20-;13-,14-;12-,13-;/m000./s1. The molecule has 0 bridgehead atoms. The predicted molar refractivity (Wildman–Crippen MR) is 372 cm³/mol. The van der Waals surface area contributed by atoms with Crippen LogP contribution in [-0.2, 0) is 73.4 Å². The number of carboxylic acids is 1. The van der Waals surface area contributed by atoms with Crippen LogP contribution >= 0.6 is 46.4 Å². The van der Waals surface area contributed by atoms with Crippen molar-refractivity contribution in [3.8, 4) is 5.75 Å². The van der Waals surface area contributed by atoms with Crippen molar-refractivity contribution >= 4 is 93.9 Å². The number of hydrogen-bond acceptors (Lipinski definition) is 19. The van der Waals surface area contributed by atoms with E-state index in [9.17, 15) is 43.5 Å². The summed E-state index contributed by atoms with van der Waals surface area (Å²) in [5, 5.41) is 13.7. The van der Waals surface area contributed by atoms with Crippen LogP contribution in [0.3, 0.4) is 0 Å². The summed E-state index contributed by atoms with van der Waals surface area (Å²) < 4.78 is 37.8. The number of ether oxygens (including phenoxy) is 7. The van der Waals surface area contributed by atoms with E-state index in [2.05, 4.69) is 25.3 Å². The second kappa shape index (κ2) is 35.8. The van der Waals surface area contributed by atoms with Crippen LogP contribution in [0.15, 0.2) is 143 Å². The van der Waals surface area contributed by atoms with Gasteiger partial charge in [-0.25, -0.2) is 39.1 Å². The summed E-state index contributed by atoms with van der Waals surface area (Å²) in [6.45, 7) is 10.4. The number of aliphatic carboxylic acids is 1. The summed E-state index contributed by atoms with van der Waals surface area (Å²) in [5.41, 5.74) is 7.56. The van der Waals surface area contributed by atoms with Gasteiger partial charge in [-0.1, -0.05) is 88.9 Å². The number of allylic oxidation sites excluding steroid dienone is 4. The third-order valence-electron chi connectivity index (χ3n) is 18.6. The van der Waals surface area contributed by atoms with Gasteiger partial charge in [0.2, 0.25) is 23.6 Å². The Kier molecular flexibility index (Phi) is 27.1. The molecule has 4 amide bonds. The number of methoxy groups -OCH3 is 3. The summed E-state index contributed by atoms with van der Waals surface area (Å²) in [7, 11) is 4.24. The van der Waals surface area contributed by atoms with Crippen LogP contribution in [-0.4, -0.2) is 166 Å². The molecule has 101 heavy (non-hydrogen) atoms. The van der Waals surface area contributed by atoms with E-state index >= 15 is 0 Å². The molecule has 24 nitrogen and oxygen atoms in total. The molecule has 3 saturated heterocycles. The molecule has 28 heteroatoms. The summed E-state index contributed by atoms with van der Waals surface area (Å²) in [5.74, 6) is -3.73. The Hall–Kier alpha value is -8.62. The second-order valence-electron chi connectivity index (χ2n) is 24.9. The number of amides is 4. The maximum Gasteiger partial charge on any atom is 0.336 e. The number of para-hydroxylation sites is 1. The Morgan fingerprint density at radius 2 is 0.851 bits per heavy atom. The Balaban J connectivity index is 0.000000160. The molecule has 4 aromatic heterocycles. The maximum atomic E-state index is 13.4. The number of carbonyl (C=O) groups excluding carboxylic acids is 7. The summed E-state index contributed by atoms with van der Waals surface area (Å²) in [4.78, 5) is 121. The minimum absolute atomic E-state index is 0.0199. The Morgan fingerprint density at radius 3 is 1.20 bits per heavy atom. The van der Waals surface area contributed by atoms with Gasteiger partial charge in [0.25, 0.3) is 0 Å². The highest BCUT2D eigenvalue weighted by Gasteiger charge is 2.42. The zero-order valence-electron chi connectivity index (χ0n) is 57.0. The fourth-order valence-corrected chi connectivity index (χ4v) is 13.9. The zero-order chi connectivity index (χ0) is 72.6. The fourth-order valence-electron chi connectivity index (χ4n) is 13.4. The van der Waals surface area contributed by atoms with Crippen molar-refractivity contribution < 1.29 is 76.6 Å². The average molecular weight is 1470 g/mol. The van der Waals surface area contributed by atoms with E-state index < -0.39 is 35.7 Å². The van der Waals surface area contributed by atoms with E-state index in [0.29, 0.717) is 104 Å². The van der Waals surface area contributed by atoms with Gasteiger partial charge in [0.05, 0.1) is 81.6 Å². The molecule has 7 atom stereocenters. The normalized spacial score (nSPS) is 22.2. The van der Waals surface area contributed by atoms with Gasteiger partial charge in [-0.3, -0.25) is 19.2 Å². The van der Waals surface area contributed by atoms with E-state index in [1.54, 1.807) is 117 Å². The van der Waals surface area contributed by atoms with Crippen LogP contribution in [0, 0.1) is 0 Å². The van der Waals surface area contributed by atoms with Crippen molar-refractivity contribution in [2.75, 3.05) is 60.8 Å². The van der Waals surface area contributed by atoms with E-state index in [1.165, 1.54) is 20.4 Å². The molecule has 0 aliphatic carbocycles. The van der Waals surface area contributed by atoms with Crippen molar-refractivity contribution in [1.29, 1.82) is 0 Å². The molecule has 1 aromatic carbocycles. The number of rotatable bonds is 17. The summed E-state index contributed by atoms with van der Waals surface area (Å²) in [6, 6.07) is 21.0. The smallest absolute Gasteiger partial charge is 0.336 e. The number of carboxylic acid groups (broad SMARTS) is 1. The number of pyridine rings is 4. The van der Waals surface area contributed by atoms with Crippen molar-refractivity contribution in [2.45, 2.75) is 140 Å². The molecule has 536 valence electrons. The lowest BCUT2D eigenvalue weighted by molar-refractivity contribution is -0.142. The van der Waals surface area contributed by atoms with Crippen LogP contribution in [0.1, 0.15) is 143 Å². The molecule has 7 aliphatic heterocycles. The lowest BCUT2D eigenvalue weighted by Gasteiger charge is -2.35. The molecule has 3 fully saturated rings. The minimum Gasteiger partial charge on any atom is -0.496 e. The minimum atomic E-state index is -1.02. The largest absolute Gasteiger partial charge is 0.496 e. The summed E-state index contributed by atoms with van der Waals surface area (Å²) >= 11 is 23.3. The van der Waals surface area contributed by atoms with Gasteiger partial charge in [-0.15, -0.1) is 0 Å². The first-order valence-electron chi connectivity index (χ1n) is 33.0. The quantitative estimate of drug-likeness (QED) is 0.0496. The van der Waals surface area contributed by atoms with Crippen molar-refractivity contribution in [1.82, 2.24) is 40.0 Å². The van der Waals surface area contributed by atoms with Crippen LogP contribution in [0.25, 0.3) is 0 Å². The molecule has 12 rings (SSSR count). The second-order valence-corrected chi connectivity index (χ2v) is 26.4. The molecule has 0 radical (unpaired) electrons. The van der Waals surface area contributed by atoms with Gasteiger partial charge in [0.15, 0.2) is 0 Å². The molecule has 0 saturated carbocycles. The molecular weight excluding hydrogens is 1390 g/mol.